The molecule has 0 bridgehead atoms. The van der Waals surface area contributed by atoms with Crippen LogP contribution in [0.1, 0.15) is 41.5 Å². The highest BCUT2D eigenvalue weighted by Gasteiger charge is 2.32. The molecule has 28 heavy (non-hydrogen) atoms. The molecule has 0 heterocycles. The Morgan fingerprint density at radius 2 is 1.89 bits per heavy atom. The van der Waals surface area contributed by atoms with E-state index >= 15 is 0 Å². The van der Waals surface area contributed by atoms with Gasteiger partial charge in [-0.3, -0.25) is 9.59 Å². The average Bonchev–Trinajstić information content (AvgIpc) is 2.60. The number of carbonyl (C=O) groups excluding carboxylic acids is 3. The average molecular weight is 396 g/mol. The Morgan fingerprint density at radius 3 is 2.39 bits per heavy atom. The van der Waals surface area contributed by atoms with Gasteiger partial charge in [-0.15, -0.1) is 0 Å². The number of carbonyl (C=O) groups is 3. The van der Waals surface area contributed by atoms with Gasteiger partial charge in [0.05, 0.1) is 0 Å². The van der Waals surface area contributed by atoms with Gasteiger partial charge in [0.25, 0.3) is 0 Å². The van der Waals surface area contributed by atoms with E-state index in [1.807, 2.05) is 34.6 Å². The van der Waals surface area contributed by atoms with E-state index in [0.29, 0.717) is 19.6 Å². The first-order valence-corrected chi connectivity index (χ1v) is 9.59. The minimum atomic E-state index is -0.924. The second-order valence-corrected chi connectivity index (χ2v) is 7.71. The lowest BCUT2D eigenvalue weighted by Gasteiger charge is -2.26. The number of urea groups is 1. The molecular formula is C20H33N3O5. The summed E-state index contributed by atoms with van der Waals surface area (Å²) in [5.74, 6) is -0.859. The molecule has 0 aromatic heterocycles. The second-order valence-electron chi connectivity index (χ2n) is 7.71. The number of nitrogens with one attached hydrogen (secondary N) is 2. The molecule has 3 N–H and O–H groups in total. The van der Waals surface area contributed by atoms with Crippen molar-refractivity contribution >= 4 is 17.6 Å². The Bertz CT molecular complexity index is 645. The van der Waals surface area contributed by atoms with E-state index in [2.05, 4.69) is 10.6 Å². The summed E-state index contributed by atoms with van der Waals surface area (Å²) < 4.78 is 5.54. The van der Waals surface area contributed by atoms with Gasteiger partial charge in [-0.05, 0) is 47.6 Å². The summed E-state index contributed by atoms with van der Waals surface area (Å²) in [7, 11) is 0. The second kappa shape index (κ2) is 10.4. The number of nitrogens with zero attached hydrogens (tertiary/aromatic N) is 1. The molecule has 1 aliphatic carbocycles. The van der Waals surface area contributed by atoms with Crippen molar-refractivity contribution in [1.29, 1.82) is 0 Å². The van der Waals surface area contributed by atoms with Crippen LogP contribution in [0, 0.1) is 0 Å². The van der Waals surface area contributed by atoms with Crippen LogP contribution in [0.5, 0.6) is 0 Å². The number of aliphatic hydroxyl groups excluding tert-OH is 1. The van der Waals surface area contributed by atoms with Crippen molar-refractivity contribution in [1.82, 2.24) is 15.5 Å². The number of rotatable bonds is 9. The van der Waals surface area contributed by atoms with Crippen LogP contribution in [0.4, 0.5) is 4.79 Å². The molecule has 0 spiro atoms. The van der Waals surface area contributed by atoms with E-state index in [-0.39, 0.29) is 29.5 Å². The molecule has 2 unspecified atom stereocenters. The van der Waals surface area contributed by atoms with Crippen LogP contribution in [-0.4, -0.2) is 71.5 Å². The number of ether oxygens (including phenoxy) is 1. The van der Waals surface area contributed by atoms with Crippen molar-refractivity contribution < 1.29 is 24.2 Å². The van der Waals surface area contributed by atoms with Gasteiger partial charge < -0.3 is 25.4 Å². The lowest BCUT2D eigenvalue weighted by Crippen LogP contribution is -2.48. The molecule has 0 fully saturated rings. The van der Waals surface area contributed by atoms with E-state index < -0.39 is 23.7 Å². The third-order valence-electron chi connectivity index (χ3n) is 4.20. The van der Waals surface area contributed by atoms with Crippen LogP contribution in [-0.2, 0) is 14.3 Å². The number of allylic oxidation sites excluding steroid dienone is 1. The minimum absolute atomic E-state index is 0.0662. The van der Waals surface area contributed by atoms with Gasteiger partial charge in [-0.25, -0.2) is 4.79 Å². The molecule has 1 aliphatic rings. The Kier molecular flexibility index (Phi) is 8.84. The predicted molar refractivity (Wildman–Crippen MR) is 107 cm³/mol. The molecule has 0 aromatic rings. The summed E-state index contributed by atoms with van der Waals surface area (Å²) in [4.78, 5) is 38.5. The van der Waals surface area contributed by atoms with Crippen LogP contribution >= 0.6 is 0 Å². The summed E-state index contributed by atoms with van der Waals surface area (Å²) in [5.41, 5.74) is -0.259. The van der Waals surface area contributed by atoms with E-state index in [9.17, 15) is 19.5 Å². The number of ketones is 2. The first-order chi connectivity index (χ1) is 13.0. The summed E-state index contributed by atoms with van der Waals surface area (Å²) in [6.45, 7) is 12.2. The zero-order valence-corrected chi connectivity index (χ0v) is 17.7. The number of aliphatic hydroxyl groups is 1. The first-order valence-electron chi connectivity index (χ1n) is 9.59. The smallest absolute Gasteiger partial charge is 0.318 e. The topological polar surface area (TPSA) is 108 Å². The normalized spacial score (nSPS) is 18.1. The third kappa shape index (κ3) is 7.09. The fourth-order valence-corrected chi connectivity index (χ4v) is 2.62. The Labute approximate surface area is 167 Å². The highest BCUT2D eigenvalue weighted by atomic mass is 16.5. The molecule has 0 saturated carbocycles. The first kappa shape index (κ1) is 23.8. The molecule has 0 aliphatic heterocycles. The number of Topliss-reactive ketones (excluding diaryl/α,β-unsaturated/α-hetero) is 2. The van der Waals surface area contributed by atoms with E-state index in [0.717, 1.165) is 0 Å². The van der Waals surface area contributed by atoms with E-state index in [1.165, 1.54) is 19.1 Å². The maximum absolute atomic E-state index is 12.7. The molecule has 8 heteroatoms. The van der Waals surface area contributed by atoms with Crippen LogP contribution in [0.3, 0.4) is 0 Å². The summed E-state index contributed by atoms with van der Waals surface area (Å²) in [6, 6.07) is -1.30. The zero-order valence-electron chi connectivity index (χ0n) is 17.7. The molecule has 8 nitrogen and oxygen atoms in total. The van der Waals surface area contributed by atoms with E-state index in [1.54, 1.807) is 4.90 Å². The van der Waals surface area contributed by atoms with Crippen LogP contribution < -0.4 is 10.6 Å². The molecule has 2 amide bonds. The summed E-state index contributed by atoms with van der Waals surface area (Å²) in [6.07, 6.45) is 2.18. The highest BCUT2D eigenvalue weighted by molar-refractivity contribution is 6.23. The highest BCUT2D eigenvalue weighted by Crippen LogP contribution is 2.19. The van der Waals surface area contributed by atoms with Crippen molar-refractivity contribution in [2.24, 2.45) is 0 Å². The minimum Gasteiger partial charge on any atom is -0.490 e. The molecule has 0 aromatic carbocycles. The summed E-state index contributed by atoms with van der Waals surface area (Å²) >= 11 is 0. The predicted octanol–water partition coefficient (Wildman–Crippen LogP) is 1.15. The lowest BCUT2D eigenvalue weighted by atomic mass is 9.95. The fourth-order valence-electron chi connectivity index (χ4n) is 2.62. The SMILES string of the molecule is CCN(CC)C(=O)NC1C=CC(OCC(O)CNC(C)(C)C)=C(C(C)=O)C1=O. The monoisotopic (exact) mass is 395 g/mol. The van der Waals surface area contributed by atoms with Crippen molar-refractivity contribution in [3.8, 4) is 0 Å². The molecule has 0 radical (unpaired) electrons. The Morgan fingerprint density at radius 1 is 1.29 bits per heavy atom. The molecule has 2 atom stereocenters. The van der Waals surface area contributed by atoms with Gasteiger partial charge in [0.1, 0.15) is 30.1 Å². The van der Waals surface area contributed by atoms with Crippen molar-refractivity contribution in [2.45, 2.75) is 59.2 Å². The van der Waals surface area contributed by atoms with Crippen molar-refractivity contribution in [2.75, 3.05) is 26.2 Å². The van der Waals surface area contributed by atoms with Crippen LogP contribution in [0.15, 0.2) is 23.5 Å². The summed E-state index contributed by atoms with van der Waals surface area (Å²) in [5, 5.41) is 15.8. The molecular weight excluding hydrogens is 362 g/mol. The van der Waals surface area contributed by atoms with Crippen LogP contribution in [0.25, 0.3) is 0 Å². The molecule has 158 valence electrons. The van der Waals surface area contributed by atoms with Crippen molar-refractivity contribution in [3.05, 3.63) is 23.5 Å². The number of hydrogen-bond donors (Lipinski definition) is 3. The standard InChI is InChI=1S/C20H33N3O5/c1-7-23(8-2)19(27)22-15-9-10-16(17(13(3)24)18(15)26)28-12-14(25)11-21-20(4,5)6/h9-10,14-15,21,25H,7-8,11-12H2,1-6H3,(H,22,27). The Balaban J connectivity index is 2.80. The van der Waals surface area contributed by atoms with E-state index in [4.69, 9.17) is 4.74 Å². The van der Waals surface area contributed by atoms with Gasteiger partial charge >= 0.3 is 6.03 Å². The van der Waals surface area contributed by atoms with Gasteiger partial charge in [0.2, 0.25) is 0 Å². The Hall–Kier alpha value is -2.19. The van der Waals surface area contributed by atoms with Gasteiger partial charge in [0.15, 0.2) is 11.6 Å². The molecule has 0 saturated heterocycles. The number of amides is 2. The maximum Gasteiger partial charge on any atom is 0.318 e. The molecule has 1 rings (SSSR count). The third-order valence-corrected chi connectivity index (χ3v) is 4.20. The number of β-amino-alcohol motifs (C(OH)–C–C–N with tert-alkyl or cyclic N) is 1. The van der Waals surface area contributed by atoms with Crippen molar-refractivity contribution in [3.63, 3.8) is 0 Å². The lowest BCUT2D eigenvalue weighted by molar-refractivity contribution is -0.121. The number of hydrogen-bond acceptors (Lipinski definition) is 6. The van der Waals surface area contributed by atoms with Gasteiger partial charge in [0, 0.05) is 25.2 Å². The van der Waals surface area contributed by atoms with Gasteiger partial charge in [-0.1, -0.05) is 6.08 Å². The zero-order chi connectivity index (χ0) is 21.5. The quantitative estimate of drug-likeness (QED) is 0.506. The fraction of sp³-hybridized carbons (Fsp3) is 0.650. The van der Waals surface area contributed by atoms with Crippen LogP contribution in [0.2, 0.25) is 0 Å². The van der Waals surface area contributed by atoms with Gasteiger partial charge in [-0.2, -0.15) is 0 Å². The largest absolute Gasteiger partial charge is 0.490 e. The maximum atomic E-state index is 12.7.